The van der Waals surface area contributed by atoms with Gasteiger partial charge in [-0.05, 0) is 13.3 Å². The van der Waals surface area contributed by atoms with Gasteiger partial charge in [-0.2, -0.15) is 5.26 Å². The van der Waals surface area contributed by atoms with Crippen molar-refractivity contribution in [3.63, 3.8) is 0 Å². The molecule has 1 heterocycles. The summed E-state index contributed by atoms with van der Waals surface area (Å²) in [5, 5.41) is 25.8. The highest BCUT2D eigenvalue weighted by Gasteiger charge is 2.12. The first-order valence-electron chi connectivity index (χ1n) is 5.15. The third-order valence-corrected chi connectivity index (χ3v) is 2.09. The van der Waals surface area contributed by atoms with E-state index in [9.17, 15) is 5.11 Å². The van der Waals surface area contributed by atoms with Crippen molar-refractivity contribution >= 4 is 0 Å². The highest BCUT2D eigenvalue weighted by atomic mass is 16.3. The normalized spacial score (nSPS) is 12.4. The molecule has 5 nitrogen and oxygen atoms in total. The van der Waals surface area contributed by atoms with E-state index in [4.69, 9.17) is 5.26 Å². The van der Waals surface area contributed by atoms with Crippen LogP contribution in [0.15, 0.2) is 0 Å². The van der Waals surface area contributed by atoms with Crippen molar-refractivity contribution in [2.24, 2.45) is 0 Å². The van der Waals surface area contributed by atoms with Gasteiger partial charge in [0, 0.05) is 0 Å². The van der Waals surface area contributed by atoms with Crippen molar-refractivity contribution in [1.82, 2.24) is 15.0 Å². The molecule has 1 aromatic rings. The van der Waals surface area contributed by atoms with E-state index in [1.807, 2.05) is 0 Å². The van der Waals surface area contributed by atoms with Crippen LogP contribution in [0.25, 0.3) is 0 Å². The number of aliphatic hydroxyl groups excluding tert-OH is 1. The van der Waals surface area contributed by atoms with Gasteiger partial charge in [0.1, 0.15) is 0 Å². The Morgan fingerprint density at radius 3 is 2.87 bits per heavy atom. The molecule has 0 amide bonds. The third kappa shape index (κ3) is 3.03. The average molecular weight is 208 g/mol. The molecule has 1 N–H and O–H groups in total. The molecule has 0 fully saturated rings. The van der Waals surface area contributed by atoms with Crippen molar-refractivity contribution in [2.75, 3.05) is 0 Å². The van der Waals surface area contributed by atoms with Crippen molar-refractivity contribution in [2.45, 2.75) is 45.8 Å². The summed E-state index contributed by atoms with van der Waals surface area (Å²) in [4.78, 5) is 0. The Labute approximate surface area is 89.3 Å². The Kier molecular flexibility index (Phi) is 4.25. The number of hydrogen-bond donors (Lipinski definition) is 1. The fraction of sp³-hybridized carbons (Fsp3) is 0.700. The molecule has 15 heavy (non-hydrogen) atoms. The van der Waals surface area contributed by atoms with E-state index in [0.29, 0.717) is 6.54 Å². The summed E-state index contributed by atoms with van der Waals surface area (Å²) < 4.78 is 1.70. The van der Waals surface area contributed by atoms with Crippen LogP contribution >= 0.6 is 0 Å². The maximum atomic E-state index is 9.28. The lowest BCUT2D eigenvalue weighted by molar-refractivity contribution is 0.166. The molecule has 0 aliphatic rings. The lowest BCUT2D eigenvalue weighted by Gasteiger charge is -2.07. The van der Waals surface area contributed by atoms with Crippen LogP contribution in [0, 0.1) is 11.3 Å². The minimum atomic E-state index is -0.447. The number of aliphatic hydroxyl groups is 1. The molecule has 82 valence electrons. The van der Waals surface area contributed by atoms with Crippen LogP contribution in [0.2, 0.25) is 0 Å². The Morgan fingerprint density at radius 2 is 2.33 bits per heavy atom. The first-order chi connectivity index (χ1) is 7.19. The van der Waals surface area contributed by atoms with Gasteiger partial charge < -0.3 is 5.11 Å². The smallest absolute Gasteiger partial charge is 0.0999 e. The van der Waals surface area contributed by atoms with Crippen LogP contribution in [0.5, 0.6) is 0 Å². The van der Waals surface area contributed by atoms with Crippen molar-refractivity contribution in [3.05, 3.63) is 11.4 Å². The maximum Gasteiger partial charge on any atom is 0.0999 e. The number of rotatable bonds is 5. The van der Waals surface area contributed by atoms with E-state index in [2.05, 4.69) is 23.3 Å². The van der Waals surface area contributed by atoms with Gasteiger partial charge in [-0.1, -0.05) is 18.6 Å². The fourth-order valence-corrected chi connectivity index (χ4v) is 1.49. The molecule has 0 aliphatic carbocycles. The number of hydrogen-bond acceptors (Lipinski definition) is 4. The van der Waals surface area contributed by atoms with Crippen molar-refractivity contribution < 1.29 is 5.11 Å². The summed E-state index contributed by atoms with van der Waals surface area (Å²) in [5.41, 5.74) is 1.71. The van der Waals surface area contributed by atoms with E-state index in [1.165, 1.54) is 0 Å². The van der Waals surface area contributed by atoms with E-state index >= 15 is 0 Å². The molecule has 0 radical (unpaired) electrons. The second kappa shape index (κ2) is 5.47. The monoisotopic (exact) mass is 208 g/mol. The highest BCUT2D eigenvalue weighted by molar-refractivity contribution is 5.14. The van der Waals surface area contributed by atoms with Crippen LogP contribution < -0.4 is 0 Å². The van der Waals surface area contributed by atoms with E-state index in [1.54, 1.807) is 11.6 Å². The van der Waals surface area contributed by atoms with Crippen LogP contribution in [0.4, 0.5) is 0 Å². The molecule has 1 rings (SSSR count). The zero-order chi connectivity index (χ0) is 11.3. The van der Waals surface area contributed by atoms with Crippen LogP contribution in [0.3, 0.4) is 0 Å². The van der Waals surface area contributed by atoms with Crippen LogP contribution in [-0.2, 0) is 19.4 Å². The summed E-state index contributed by atoms with van der Waals surface area (Å²) in [6.07, 6.45) is 1.66. The lowest BCUT2D eigenvalue weighted by atomic mass is 10.1. The van der Waals surface area contributed by atoms with Gasteiger partial charge in [-0.15, -0.1) is 5.10 Å². The number of aromatic nitrogens is 3. The second-order valence-electron chi connectivity index (χ2n) is 3.60. The predicted molar refractivity (Wildman–Crippen MR) is 55.0 cm³/mol. The first kappa shape index (κ1) is 11.7. The quantitative estimate of drug-likeness (QED) is 0.772. The van der Waals surface area contributed by atoms with E-state index in [-0.39, 0.29) is 6.42 Å². The molecular formula is C10H16N4O. The molecule has 0 aromatic carbocycles. The minimum Gasteiger partial charge on any atom is -0.391 e. The Bertz CT molecular complexity index is 351. The molecule has 0 aliphatic heterocycles. The van der Waals surface area contributed by atoms with Gasteiger partial charge in [0.25, 0.3) is 0 Å². The summed E-state index contributed by atoms with van der Waals surface area (Å²) in [6.45, 7) is 4.21. The fourth-order valence-electron chi connectivity index (χ4n) is 1.49. The molecule has 0 bridgehead atoms. The molecule has 1 aromatic heterocycles. The predicted octanol–water partition coefficient (Wildman–Crippen LogP) is 0.677. The molecule has 5 heteroatoms. The van der Waals surface area contributed by atoms with E-state index < -0.39 is 6.10 Å². The largest absolute Gasteiger partial charge is 0.391 e. The summed E-state index contributed by atoms with van der Waals surface area (Å²) in [5.74, 6) is 0. The second-order valence-corrected chi connectivity index (χ2v) is 3.60. The number of nitrogens with zero attached hydrogens (tertiary/aromatic N) is 4. The summed E-state index contributed by atoms with van der Waals surface area (Å²) in [7, 11) is 0. The summed E-state index contributed by atoms with van der Waals surface area (Å²) in [6, 6.07) is 2.07. The molecule has 1 unspecified atom stereocenters. The standard InChI is InChI=1S/C10H16N4O/c1-3-4-10-9(5-6-11)12-13-14(10)7-8(2)15/h8,15H,3-5,7H2,1-2H3. The van der Waals surface area contributed by atoms with E-state index in [0.717, 1.165) is 24.2 Å². The average Bonchev–Trinajstić information content (AvgIpc) is 2.51. The highest BCUT2D eigenvalue weighted by Crippen LogP contribution is 2.09. The lowest BCUT2D eigenvalue weighted by Crippen LogP contribution is -2.15. The van der Waals surface area contributed by atoms with Crippen molar-refractivity contribution in [3.8, 4) is 6.07 Å². The topological polar surface area (TPSA) is 74.7 Å². The van der Waals surface area contributed by atoms with Gasteiger partial charge in [0.2, 0.25) is 0 Å². The third-order valence-electron chi connectivity index (χ3n) is 2.09. The first-order valence-corrected chi connectivity index (χ1v) is 5.15. The molecule has 1 atom stereocenters. The minimum absolute atomic E-state index is 0.287. The molecular weight excluding hydrogens is 192 g/mol. The zero-order valence-corrected chi connectivity index (χ0v) is 9.14. The Morgan fingerprint density at radius 1 is 1.60 bits per heavy atom. The SMILES string of the molecule is CCCc1c(CC#N)nnn1CC(C)O. The summed E-state index contributed by atoms with van der Waals surface area (Å²) >= 11 is 0. The van der Waals surface area contributed by atoms with Gasteiger partial charge in [0.05, 0.1) is 36.5 Å². The maximum absolute atomic E-state index is 9.28. The van der Waals surface area contributed by atoms with Crippen LogP contribution in [0.1, 0.15) is 31.7 Å². The van der Waals surface area contributed by atoms with Gasteiger partial charge in [0.15, 0.2) is 0 Å². The molecule has 0 saturated heterocycles. The molecule has 0 saturated carbocycles. The van der Waals surface area contributed by atoms with Gasteiger partial charge in [-0.3, -0.25) is 0 Å². The Hall–Kier alpha value is -1.41. The molecule has 0 spiro atoms. The Balaban J connectivity index is 2.90. The zero-order valence-electron chi connectivity index (χ0n) is 9.14. The van der Waals surface area contributed by atoms with Crippen LogP contribution in [-0.4, -0.2) is 26.2 Å². The van der Waals surface area contributed by atoms with Gasteiger partial charge in [-0.25, -0.2) is 4.68 Å². The van der Waals surface area contributed by atoms with Crippen molar-refractivity contribution in [1.29, 1.82) is 5.26 Å². The number of nitriles is 1. The van der Waals surface area contributed by atoms with Gasteiger partial charge >= 0.3 is 0 Å².